The molecule has 3 heteroatoms. The summed E-state index contributed by atoms with van der Waals surface area (Å²) in [6, 6.07) is 6.68. The number of hydrogen-bond acceptors (Lipinski definition) is 1. The summed E-state index contributed by atoms with van der Waals surface area (Å²) >= 11 is 2.13. The average molecular weight is 315 g/mol. The maximum atomic E-state index is 11.4. The van der Waals surface area contributed by atoms with Gasteiger partial charge in [0.05, 0.1) is 28.9 Å². The number of fused-ring (bicyclic) bond motifs is 1. The molecule has 0 radical (unpaired) electrons. The van der Waals surface area contributed by atoms with Crippen molar-refractivity contribution in [2.24, 2.45) is 0 Å². The van der Waals surface area contributed by atoms with E-state index >= 15 is 0 Å². The highest BCUT2D eigenvalue weighted by Gasteiger charge is 2.29. The van der Waals surface area contributed by atoms with Crippen molar-refractivity contribution in [3.05, 3.63) is 34.9 Å². The molecule has 0 saturated carbocycles. The number of benzene rings is 1. The summed E-state index contributed by atoms with van der Waals surface area (Å²) in [5.41, 5.74) is 4.07. The molecule has 1 atom stereocenters. The molecule has 80 valence electrons. The van der Waals surface area contributed by atoms with Gasteiger partial charge < -0.3 is 0 Å². The molecule has 0 fully saturated rings. The monoisotopic (exact) mass is 315 g/mol. The third kappa shape index (κ3) is 1.89. The molecule has 1 aromatic carbocycles. The van der Waals surface area contributed by atoms with Crippen LogP contribution in [0.15, 0.2) is 18.2 Å². The zero-order chi connectivity index (χ0) is 11.0. The van der Waals surface area contributed by atoms with E-state index in [9.17, 15) is 4.79 Å². The van der Waals surface area contributed by atoms with Crippen LogP contribution < -0.4 is 0 Å². The van der Waals surface area contributed by atoms with E-state index in [1.54, 1.807) is 6.92 Å². The predicted octanol–water partition coefficient (Wildman–Crippen LogP) is 3.18. The fourth-order valence-corrected chi connectivity index (χ4v) is 2.88. The maximum absolute atomic E-state index is 11.4. The van der Waals surface area contributed by atoms with Crippen molar-refractivity contribution in [3.8, 4) is 0 Å². The minimum atomic E-state index is 0.136. The fraction of sp³-hybridized carbons (Fsp3) is 0.417. The summed E-state index contributed by atoms with van der Waals surface area (Å²) in [7, 11) is 0. The minimum absolute atomic E-state index is 0.136. The van der Waals surface area contributed by atoms with Gasteiger partial charge in [0.2, 0.25) is 5.91 Å². The molecule has 0 aromatic heterocycles. The van der Waals surface area contributed by atoms with Crippen LogP contribution in [-0.4, -0.2) is 9.02 Å². The minimum Gasteiger partial charge on any atom is -0.278 e. The van der Waals surface area contributed by atoms with E-state index in [0.29, 0.717) is 0 Å². The van der Waals surface area contributed by atoms with Gasteiger partial charge in [-0.3, -0.25) is 7.91 Å². The molecule has 1 aliphatic carbocycles. The number of aryl methyl sites for hydroxylation is 2. The third-order valence-electron chi connectivity index (χ3n) is 3.01. The molecular formula is C12H14INO. The van der Waals surface area contributed by atoms with E-state index in [-0.39, 0.29) is 11.9 Å². The normalized spacial score (nSPS) is 18.7. The van der Waals surface area contributed by atoms with Gasteiger partial charge in [-0.25, -0.2) is 0 Å². The molecule has 0 spiro atoms. The SMILES string of the molecule is CC(=O)N(I)C1CCc2cccc(C)c21. The van der Waals surface area contributed by atoms with Crippen LogP contribution in [-0.2, 0) is 11.2 Å². The van der Waals surface area contributed by atoms with Gasteiger partial charge in [0, 0.05) is 6.92 Å². The van der Waals surface area contributed by atoms with Crippen molar-refractivity contribution in [1.82, 2.24) is 3.11 Å². The summed E-state index contributed by atoms with van der Waals surface area (Å²) in [6.07, 6.45) is 2.15. The zero-order valence-electron chi connectivity index (χ0n) is 8.96. The Morgan fingerprint density at radius 1 is 1.53 bits per heavy atom. The summed E-state index contributed by atoms with van der Waals surface area (Å²) < 4.78 is 1.83. The Balaban J connectivity index is 2.39. The van der Waals surface area contributed by atoms with Gasteiger partial charge in [0.25, 0.3) is 0 Å². The van der Waals surface area contributed by atoms with Gasteiger partial charge in [-0.15, -0.1) is 0 Å². The van der Waals surface area contributed by atoms with Crippen molar-refractivity contribution in [3.63, 3.8) is 0 Å². The van der Waals surface area contributed by atoms with E-state index in [2.05, 4.69) is 48.0 Å². The van der Waals surface area contributed by atoms with E-state index < -0.39 is 0 Å². The molecule has 2 nitrogen and oxygen atoms in total. The Morgan fingerprint density at radius 3 is 2.93 bits per heavy atom. The number of carbonyl (C=O) groups excluding carboxylic acids is 1. The van der Waals surface area contributed by atoms with Crippen LogP contribution in [0.4, 0.5) is 0 Å². The molecule has 1 amide bonds. The Labute approximate surface area is 104 Å². The number of halogens is 1. The lowest BCUT2D eigenvalue weighted by Gasteiger charge is -2.22. The van der Waals surface area contributed by atoms with Gasteiger partial charge >= 0.3 is 0 Å². The third-order valence-corrected chi connectivity index (χ3v) is 4.36. The van der Waals surface area contributed by atoms with Crippen LogP contribution in [0.25, 0.3) is 0 Å². The fourth-order valence-electron chi connectivity index (χ4n) is 2.32. The lowest BCUT2D eigenvalue weighted by Crippen LogP contribution is -2.22. The second kappa shape index (κ2) is 4.12. The largest absolute Gasteiger partial charge is 0.278 e. The highest BCUT2D eigenvalue weighted by atomic mass is 127. The smallest absolute Gasteiger partial charge is 0.228 e. The summed E-state index contributed by atoms with van der Waals surface area (Å²) in [5.74, 6) is 0.136. The van der Waals surface area contributed by atoms with Crippen molar-refractivity contribution >= 4 is 28.8 Å². The number of hydrogen-bond donors (Lipinski definition) is 0. The van der Waals surface area contributed by atoms with Gasteiger partial charge in [-0.1, -0.05) is 18.2 Å². The van der Waals surface area contributed by atoms with Crippen molar-refractivity contribution in [2.45, 2.75) is 32.7 Å². The molecule has 2 rings (SSSR count). The van der Waals surface area contributed by atoms with Crippen LogP contribution in [0.3, 0.4) is 0 Å². The second-order valence-corrected chi connectivity index (χ2v) is 5.07. The molecule has 0 bridgehead atoms. The number of rotatable bonds is 1. The van der Waals surface area contributed by atoms with Gasteiger partial charge in [-0.05, 0) is 36.5 Å². The number of amides is 1. The number of nitrogens with zero attached hydrogens (tertiary/aromatic N) is 1. The molecule has 1 aromatic rings. The Kier molecular flexibility index (Phi) is 3.00. The van der Waals surface area contributed by atoms with Crippen LogP contribution in [0, 0.1) is 6.92 Å². The first-order valence-corrected chi connectivity index (χ1v) is 6.11. The Bertz CT molecular complexity index is 403. The van der Waals surface area contributed by atoms with Crippen LogP contribution >= 0.6 is 22.9 Å². The van der Waals surface area contributed by atoms with Crippen LogP contribution in [0.1, 0.15) is 36.1 Å². The lowest BCUT2D eigenvalue weighted by atomic mass is 10.0. The molecule has 0 heterocycles. The summed E-state index contributed by atoms with van der Waals surface area (Å²) in [4.78, 5) is 11.4. The molecular weight excluding hydrogens is 301 g/mol. The van der Waals surface area contributed by atoms with E-state index in [1.165, 1.54) is 16.7 Å². The molecule has 15 heavy (non-hydrogen) atoms. The van der Waals surface area contributed by atoms with Crippen LogP contribution in [0.5, 0.6) is 0 Å². The Hall–Kier alpha value is -0.580. The van der Waals surface area contributed by atoms with Crippen LogP contribution in [0.2, 0.25) is 0 Å². The standard InChI is InChI=1S/C12H14INO/c1-8-4-3-5-10-6-7-11(12(8)10)14(13)9(2)15/h3-5,11H,6-7H2,1-2H3. The second-order valence-electron chi connectivity index (χ2n) is 4.03. The summed E-state index contributed by atoms with van der Waals surface area (Å²) in [5, 5.41) is 0. The molecule has 0 aliphatic heterocycles. The number of carbonyl (C=O) groups is 1. The van der Waals surface area contributed by atoms with Gasteiger partial charge in [0.15, 0.2) is 0 Å². The van der Waals surface area contributed by atoms with Crippen molar-refractivity contribution < 1.29 is 4.79 Å². The Morgan fingerprint density at radius 2 is 2.27 bits per heavy atom. The average Bonchev–Trinajstić information content (AvgIpc) is 2.61. The van der Waals surface area contributed by atoms with Crippen molar-refractivity contribution in [2.75, 3.05) is 0 Å². The molecule has 0 N–H and O–H groups in total. The topological polar surface area (TPSA) is 20.3 Å². The first-order chi connectivity index (χ1) is 7.11. The maximum Gasteiger partial charge on any atom is 0.228 e. The molecule has 0 saturated heterocycles. The van der Waals surface area contributed by atoms with E-state index in [1.807, 2.05) is 3.11 Å². The highest BCUT2D eigenvalue weighted by molar-refractivity contribution is 14.1. The van der Waals surface area contributed by atoms with E-state index in [0.717, 1.165) is 12.8 Å². The molecule has 1 aliphatic rings. The van der Waals surface area contributed by atoms with Gasteiger partial charge in [0.1, 0.15) is 0 Å². The van der Waals surface area contributed by atoms with Gasteiger partial charge in [-0.2, -0.15) is 0 Å². The first kappa shape index (κ1) is 10.9. The van der Waals surface area contributed by atoms with E-state index in [4.69, 9.17) is 0 Å². The summed E-state index contributed by atoms with van der Waals surface area (Å²) in [6.45, 7) is 3.75. The quantitative estimate of drug-likeness (QED) is 0.576. The molecule has 1 unspecified atom stereocenters. The highest BCUT2D eigenvalue weighted by Crippen LogP contribution is 2.39. The first-order valence-electron chi connectivity index (χ1n) is 5.15. The zero-order valence-corrected chi connectivity index (χ0v) is 11.1. The predicted molar refractivity (Wildman–Crippen MR) is 68.8 cm³/mol. The lowest BCUT2D eigenvalue weighted by molar-refractivity contribution is -0.124. The van der Waals surface area contributed by atoms with Crippen molar-refractivity contribution in [1.29, 1.82) is 0 Å².